The molecule has 6 nitrogen and oxygen atoms in total. The average Bonchev–Trinajstić information content (AvgIpc) is 3.39. The van der Waals surface area contributed by atoms with Gasteiger partial charge < -0.3 is 4.42 Å². The van der Waals surface area contributed by atoms with Crippen LogP contribution in [0.3, 0.4) is 0 Å². The molecule has 0 saturated heterocycles. The molecule has 152 valence electrons. The van der Waals surface area contributed by atoms with E-state index < -0.39 is 5.91 Å². The van der Waals surface area contributed by atoms with E-state index in [4.69, 9.17) is 21.4 Å². The van der Waals surface area contributed by atoms with Crippen LogP contribution in [0.15, 0.2) is 80.7 Å². The Hall–Kier alpha value is -3.42. The Morgan fingerprint density at radius 3 is 2.65 bits per heavy atom. The number of amides is 1. The molecule has 0 fully saturated rings. The topological polar surface area (TPSA) is 82.0 Å². The molecule has 1 N–H and O–H groups in total. The van der Waals surface area contributed by atoms with Crippen molar-refractivity contribution in [1.29, 1.82) is 5.41 Å². The molecule has 0 bridgehead atoms. The van der Waals surface area contributed by atoms with Crippen LogP contribution in [0.2, 0.25) is 5.02 Å². The molecule has 0 unspecified atom stereocenters. The Balaban J connectivity index is 1.45. The first-order valence-corrected chi connectivity index (χ1v) is 10.6. The number of fused-ring (bicyclic) bond motifs is 1. The highest BCUT2D eigenvalue weighted by molar-refractivity contribution is 8.27. The van der Waals surface area contributed by atoms with E-state index in [0.29, 0.717) is 26.8 Å². The third-order valence-electron chi connectivity index (χ3n) is 4.87. The number of carbonyl (C=O) groups excluding carboxylic acids is 1. The zero-order valence-electron chi connectivity index (χ0n) is 16.3. The largest absolute Gasteiger partial charge is 0.457 e. The first kappa shape index (κ1) is 19.5. The lowest BCUT2D eigenvalue weighted by Gasteiger charge is -2.19. The van der Waals surface area contributed by atoms with E-state index in [1.807, 2.05) is 43.3 Å². The third kappa shape index (κ3) is 3.62. The maximum Gasteiger partial charge on any atom is 0.283 e. The molecule has 0 spiro atoms. The van der Waals surface area contributed by atoms with Gasteiger partial charge in [0, 0.05) is 16.1 Å². The summed E-state index contributed by atoms with van der Waals surface area (Å²) in [4.78, 5) is 16.8. The van der Waals surface area contributed by atoms with E-state index in [1.165, 1.54) is 22.8 Å². The van der Waals surface area contributed by atoms with Crippen LogP contribution >= 0.6 is 23.4 Å². The van der Waals surface area contributed by atoms with Crippen LogP contribution in [-0.2, 0) is 4.79 Å². The standard InChI is InChI=1S/C23H15ClN4O2S/c1-13-4-2-3-5-17(13)22-27-28-20(25)18(21(29)26-23(28)31-22)12-16-10-11-19(30-16)14-6-8-15(24)9-7-14/h2-12,25H,1H3/b18-12-,25-20?. The van der Waals surface area contributed by atoms with Gasteiger partial charge >= 0.3 is 0 Å². The zero-order chi connectivity index (χ0) is 21.5. The lowest BCUT2D eigenvalue weighted by Crippen LogP contribution is -2.35. The zero-order valence-corrected chi connectivity index (χ0v) is 17.9. The van der Waals surface area contributed by atoms with Gasteiger partial charge in [-0.2, -0.15) is 15.1 Å². The summed E-state index contributed by atoms with van der Waals surface area (Å²) < 4.78 is 5.85. The minimum absolute atomic E-state index is 0.0319. The Morgan fingerprint density at radius 1 is 1.10 bits per heavy atom. The van der Waals surface area contributed by atoms with Crippen LogP contribution < -0.4 is 0 Å². The summed E-state index contributed by atoms with van der Waals surface area (Å²) in [5.41, 5.74) is 3.00. The van der Waals surface area contributed by atoms with Gasteiger partial charge in [0.2, 0.25) is 5.17 Å². The summed E-state index contributed by atoms with van der Waals surface area (Å²) in [5, 5.41) is 16.2. The molecule has 2 aromatic carbocycles. The van der Waals surface area contributed by atoms with Crippen molar-refractivity contribution in [2.75, 3.05) is 0 Å². The average molecular weight is 447 g/mol. The van der Waals surface area contributed by atoms with Gasteiger partial charge in [-0.25, -0.2) is 0 Å². The van der Waals surface area contributed by atoms with E-state index >= 15 is 0 Å². The van der Waals surface area contributed by atoms with Crippen molar-refractivity contribution in [3.63, 3.8) is 0 Å². The number of nitrogens with zero attached hydrogens (tertiary/aromatic N) is 3. The summed E-state index contributed by atoms with van der Waals surface area (Å²) in [5.74, 6) is 0.565. The number of benzene rings is 2. The number of thioether (sulfide) groups is 1. The normalized spacial score (nSPS) is 17.1. The fourth-order valence-corrected chi connectivity index (χ4v) is 4.36. The minimum atomic E-state index is -0.491. The van der Waals surface area contributed by atoms with Crippen molar-refractivity contribution in [3.05, 3.63) is 88.1 Å². The Kier molecular flexibility index (Phi) is 4.84. The molecule has 8 heteroatoms. The Bertz CT molecular complexity index is 1320. The van der Waals surface area contributed by atoms with Crippen LogP contribution in [0.25, 0.3) is 17.4 Å². The summed E-state index contributed by atoms with van der Waals surface area (Å²) >= 11 is 7.22. The van der Waals surface area contributed by atoms with Crippen molar-refractivity contribution in [2.24, 2.45) is 10.1 Å². The molecule has 5 rings (SSSR count). The number of halogens is 1. The number of furan rings is 1. The van der Waals surface area contributed by atoms with Gasteiger partial charge in [-0.05, 0) is 66.7 Å². The number of hydrazone groups is 1. The number of aliphatic imine (C=N–C) groups is 1. The van der Waals surface area contributed by atoms with Crippen LogP contribution in [0, 0.1) is 12.3 Å². The molecular weight excluding hydrogens is 432 g/mol. The minimum Gasteiger partial charge on any atom is -0.457 e. The van der Waals surface area contributed by atoms with Crippen LogP contribution in [0.1, 0.15) is 16.9 Å². The molecule has 0 radical (unpaired) electrons. The fraction of sp³-hybridized carbons (Fsp3) is 0.0435. The molecule has 0 aliphatic carbocycles. The molecule has 3 heterocycles. The van der Waals surface area contributed by atoms with Gasteiger partial charge in [-0.1, -0.05) is 35.9 Å². The number of carbonyl (C=O) groups is 1. The molecule has 2 aliphatic heterocycles. The second kappa shape index (κ2) is 7.68. The van der Waals surface area contributed by atoms with Gasteiger partial charge in [-0.3, -0.25) is 10.2 Å². The summed E-state index contributed by atoms with van der Waals surface area (Å²) in [6.45, 7) is 1.99. The summed E-state index contributed by atoms with van der Waals surface area (Å²) in [6, 6.07) is 18.7. The molecule has 31 heavy (non-hydrogen) atoms. The second-order valence-electron chi connectivity index (χ2n) is 6.95. The van der Waals surface area contributed by atoms with Crippen molar-refractivity contribution in [1.82, 2.24) is 5.01 Å². The molecule has 3 aromatic rings. The highest BCUT2D eigenvalue weighted by Crippen LogP contribution is 2.32. The van der Waals surface area contributed by atoms with Crippen molar-refractivity contribution in [2.45, 2.75) is 6.92 Å². The van der Waals surface area contributed by atoms with E-state index in [0.717, 1.165) is 16.7 Å². The van der Waals surface area contributed by atoms with Gasteiger partial charge in [0.1, 0.15) is 16.6 Å². The van der Waals surface area contributed by atoms with Gasteiger partial charge in [0.15, 0.2) is 5.84 Å². The van der Waals surface area contributed by atoms with E-state index in [-0.39, 0.29) is 11.4 Å². The molecule has 1 aromatic heterocycles. The van der Waals surface area contributed by atoms with Gasteiger partial charge in [-0.15, -0.1) is 0 Å². The van der Waals surface area contributed by atoms with E-state index in [9.17, 15) is 4.79 Å². The second-order valence-corrected chi connectivity index (χ2v) is 8.34. The lowest BCUT2D eigenvalue weighted by molar-refractivity contribution is -0.114. The molecule has 0 saturated carbocycles. The smallest absolute Gasteiger partial charge is 0.283 e. The monoisotopic (exact) mass is 446 g/mol. The number of hydrogen-bond donors (Lipinski definition) is 1. The summed E-state index contributed by atoms with van der Waals surface area (Å²) in [6.07, 6.45) is 1.52. The highest BCUT2D eigenvalue weighted by Gasteiger charge is 2.36. The van der Waals surface area contributed by atoms with Crippen LogP contribution in [-0.4, -0.2) is 27.0 Å². The quantitative estimate of drug-likeness (QED) is 0.533. The molecule has 2 aliphatic rings. The van der Waals surface area contributed by atoms with Crippen molar-refractivity contribution < 1.29 is 9.21 Å². The van der Waals surface area contributed by atoms with Crippen molar-refractivity contribution >= 4 is 51.4 Å². The SMILES string of the molecule is Cc1ccccc1C1=NN2C(=N)/C(=C/c3ccc(-c4ccc(Cl)cc4)o3)C(=O)N=C2S1. The number of nitrogens with one attached hydrogen (secondary N) is 1. The van der Waals surface area contributed by atoms with Crippen LogP contribution in [0.5, 0.6) is 0 Å². The summed E-state index contributed by atoms with van der Waals surface area (Å²) in [7, 11) is 0. The highest BCUT2D eigenvalue weighted by atomic mass is 35.5. The van der Waals surface area contributed by atoms with E-state index in [1.54, 1.807) is 24.3 Å². The Labute approximate surface area is 187 Å². The fourth-order valence-electron chi connectivity index (χ4n) is 3.26. The predicted molar refractivity (Wildman–Crippen MR) is 124 cm³/mol. The van der Waals surface area contributed by atoms with Crippen molar-refractivity contribution in [3.8, 4) is 11.3 Å². The number of aryl methyl sites for hydroxylation is 1. The van der Waals surface area contributed by atoms with Gasteiger partial charge in [0.25, 0.3) is 5.91 Å². The first-order valence-electron chi connectivity index (χ1n) is 9.41. The van der Waals surface area contributed by atoms with E-state index in [2.05, 4.69) is 10.1 Å². The predicted octanol–water partition coefficient (Wildman–Crippen LogP) is 5.58. The first-order chi connectivity index (χ1) is 15.0. The maximum atomic E-state index is 12.6. The molecule has 0 atom stereocenters. The lowest BCUT2D eigenvalue weighted by atomic mass is 10.1. The number of hydrogen-bond acceptors (Lipinski definition) is 5. The maximum absolute atomic E-state index is 12.6. The number of rotatable bonds is 3. The molecular formula is C23H15ClN4O2S. The molecule has 1 amide bonds. The Morgan fingerprint density at radius 2 is 1.87 bits per heavy atom. The third-order valence-corrected chi connectivity index (χ3v) is 6.07. The van der Waals surface area contributed by atoms with Crippen LogP contribution in [0.4, 0.5) is 0 Å². The number of amidine groups is 2. The van der Waals surface area contributed by atoms with Gasteiger partial charge in [0.05, 0.1) is 5.57 Å².